The third kappa shape index (κ3) is 1.31. The Morgan fingerprint density at radius 2 is 2.27 bits per heavy atom. The second kappa shape index (κ2) is 3.00. The first kappa shape index (κ1) is 8.79. The Morgan fingerprint density at radius 3 is 3.00 bits per heavy atom. The van der Waals surface area contributed by atoms with Crippen molar-refractivity contribution in [3.8, 4) is 0 Å². The zero-order valence-corrected chi connectivity index (χ0v) is 8.40. The van der Waals surface area contributed by atoms with Crippen molar-refractivity contribution in [3.63, 3.8) is 0 Å². The van der Waals surface area contributed by atoms with Gasteiger partial charge < -0.3 is 5.73 Å². The van der Waals surface area contributed by atoms with Gasteiger partial charge in [0.15, 0.2) is 0 Å². The monoisotopic (exact) mass is 203 g/mol. The zero-order valence-electron chi connectivity index (χ0n) is 8.40. The molecule has 0 bridgehead atoms. The van der Waals surface area contributed by atoms with Crippen molar-refractivity contribution in [2.45, 2.75) is 24.7 Å². The molecule has 3 rings (SSSR count). The molecule has 3 N–H and O–H groups in total. The fourth-order valence-electron chi connectivity index (χ4n) is 2.14. The minimum absolute atomic E-state index is 0.287. The minimum atomic E-state index is 0.287. The van der Waals surface area contributed by atoms with E-state index in [1.54, 1.807) is 0 Å². The Bertz CT molecular complexity index is 485. The molecule has 1 fully saturated rings. The molecule has 0 amide bonds. The highest BCUT2D eigenvalue weighted by Crippen LogP contribution is 2.50. The molecule has 0 unspecified atom stereocenters. The van der Waals surface area contributed by atoms with Crippen molar-refractivity contribution in [1.82, 2.24) is 20.4 Å². The van der Waals surface area contributed by atoms with E-state index in [0.717, 1.165) is 18.5 Å². The summed E-state index contributed by atoms with van der Waals surface area (Å²) in [7, 11) is 0. The van der Waals surface area contributed by atoms with Gasteiger partial charge in [-0.05, 0) is 42.9 Å². The third-order valence-electron chi connectivity index (χ3n) is 3.26. The maximum absolute atomic E-state index is 5.63. The maximum Gasteiger partial charge on any atom is 0.201 e. The summed E-state index contributed by atoms with van der Waals surface area (Å²) < 4.78 is 0. The molecule has 2 aromatic rings. The van der Waals surface area contributed by atoms with Gasteiger partial charge in [-0.3, -0.25) is 0 Å². The molecule has 1 aliphatic carbocycles. The van der Waals surface area contributed by atoms with Gasteiger partial charge >= 0.3 is 0 Å². The average Bonchev–Trinajstić information content (AvgIpc) is 2.89. The van der Waals surface area contributed by atoms with Gasteiger partial charge in [0.25, 0.3) is 0 Å². The van der Waals surface area contributed by atoms with E-state index in [1.807, 2.05) is 6.20 Å². The number of rotatable bonds is 3. The van der Waals surface area contributed by atoms with Gasteiger partial charge in [0.05, 0.1) is 0 Å². The van der Waals surface area contributed by atoms with Crippen LogP contribution in [0.15, 0.2) is 12.3 Å². The van der Waals surface area contributed by atoms with E-state index in [0.29, 0.717) is 5.65 Å². The fourth-order valence-corrected chi connectivity index (χ4v) is 2.14. The lowest BCUT2D eigenvalue weighted by molar-refractivity contribution is 0.627. The number of nitrogens with one attached hydrogen (secondary N) is 1. The van der Waals surface area contributed by atoms with Crippen molar-refractivity contribution in [2.24, 2.45) is 5.73 Å². The van der Waals surface area contributed by atoms with Crippen LogP contribution in [0.1, 0.15) is 24.8 Å². The number of nitrogens with zero attached hydrogens (tertiary/aromatic N) is 3. The first-order valence-corrected chi connectivity index (χ1v) is 5.21. The summed E-state index contributed by atoms with van der Waals surface area (Å²) in [6.45, 7) is 0.733. The Balaban J connectivity index is 2.04. The number of aromatic amines is 1. The molecular weight excluding hydrogens is 190 g/mol. The second-order valence-electron chi connectivity index (χ2n) is 4.21. The van der Waals surface area contributed by atoms with Crippen molar-refractivity contribution in [3.05, 3.63) is 17.8 Å². The van der Waals surface area contributed by atoms with Crippen LogP contribution in [-0.2, 0) is 5.41 Å². The molecule has 0 radical (unpaired) electrons. The Morgan fingerprint density at radius 1 is 1.40 bits per heavy atom. The van der Waals surface area contributed by atoms with E-state index < -0.39 is 0 Å². The predicted molar refractivity (Wildman–Crippen MR) is 56.3 cm³/mol. The minimum Gasteiger partial charge on any atom is -0.330 e. The van der Waals surface area contributed by atoms with E-state index in [2.05, 4.69) is 26.5 Å². The molecule has 1 saturated carbocycles. The first-order valence-electron chi connectivity index (χ1n) is 5.21. The van der Waals surface area contributed by atoms with Crippen molar-refractivity contribution in [1.29, 1.82) is 0 Å². The van der Waals surface area contributed by atoms with Gasteiger partial charge in [-0.2, -0.15) is 10.3 Å². The molecule has 0 aliphatic heterocycles. The molecule has 0 atom stereocenters. The van der Waals surface area contributed by atoms with Crippen LogP contribution in [0.5, 0.6) is 0 Å². The highest BCUT2D eigenvalue weighted by atomic mass is 15.3. The normalized spacial score (nSPS) is 18.2. The van der Waals surface area contributed by atoms with E-state index in [4.69, 9.17) is 5.73 Å². The molecule has 0 spiro atoms. The number of nitrogens with two attached hydrogens (primary N) is 1. The number of hydrogen-bond donors (Lipinski definition) is 2. The molecule has 0 aromatic carbocycles. The van der Waals surface area contributed by atoms with Gasteiger partial charge in [-0.15, -0.1) is 5.10 Å². The van der Waals surface area contributed by atoms with Crippen LogP contribution in [0, 0.1) is 0 Å². The number of aromatic nitrogens is 4. The summed E-state index contributed by atoms with van der Waals surface area (Å²) >= 11 is 0. The van der Waals surface area contributed by atoms with Gasteiger partial charge in [0, 0.05) is 6.20 Å². The van der Waals surface area contributed by atoms with Crippen molar-refractivity contribution in [2.75, 3.05) is 6.54 Å². The molecular formula is C10H13N5. The topological polar surface area (TPSA) is 80.5 Å². The van der Waals surface area contributed by atoms with Gasteiger partial charge in [0.2, 0.25) is 5.65 Å². The SMILES string of the molecule is NCCC1(c2cnc3n[nH]nc3c2)CC1. The van der Waals surface area contributed by atoms with E-state index in [-0.39, 0.29) is 5.41 Å². The number of fused-ring (bicyclic) bond motifs is 1. The predicted octanol–water partition coefficient (Wildman–Crippen LogP) is 0.733. The lowest BCUT2D eigenvalue weighted by Crippen LogP contribution is -2.13. The van der Waals surface area contributed by atoms with Crippen LogP contribution in [0.2, 0.25) is 0 Å². The largest absolute Gasteiger partial charge is 0.330 e. The van der Waals surface area contributed by atoms with E-state index >= 15 is 0 Å². The Labute approximate surface area is 87.1 Å². The average molecular weight is 203 g/mol. The van der Waals surface area contributed by atoms with Crippen LogP contribution < -0.4 is 5.73 Å². The van der Waals surface area contributed by atoms with Gasteiger partial charge in [-0.1, -0.05) is 0 Å². The Kier molecular flexibility index (Phi) is 1.76. The van der Waals surface area contributed by atoms with Crippen molar-refractivity contribution >= 4 is 11.2 Å². The molecule has 5 nitrogen and oxygen atoms in total. The highest BCUT2D eigenvalue weighted by molar-refractivity contribution is 5.69. The van der Waals surface area contributed by atoms with Crippen LogP contribution in [-0.4, -0.2) is 26.9 Å². The quantitative estimate of drug-likeness (QED) is 0.770. The summed E-state index contributed by atoms with van der Waals surface area (Å²) in [4.78, 5) is 4.28. The van der Waals surface area contributed by atoms with Crippen LogP contribution in [0.25, 0.3) is 11.2 Å². The maximum atomic E-state index is 5.63. The number of pyridine rings is 1. The summed E-state index contributed by atoms with van der Waals surface area (Å²) in [5, 5.41) is 10.6. The molecule has 5 heteroatoms. The smallest absolute Gasteiger partial charge is 0.201 e. The van der Waals surface area contributed by atoms with Crippen LogP contribution in [0.3, 0.4) is 0 Å². The van der Waals surface area contributed by atoms with Crippen molar-refractivity contribution < 1.29 is 0 Å². The van der Waals surface area contributed by atoms with Gasteiger partial charge in [0.1, 0.15) is 5.52 Å². The molecule has 1 aliphatic rings. The van der Waals surface area contributed by atoms with Gasteiger partial charge in [-0.25, -0.2) is 4.98 Å². The standard InChI is InChI=1S/C10H13N5/c11-4-3-10(1-2-10)7-5-8-9(12-6-7)14-15-13-8/h5-6H,1-4,11H2,(H,12,13,14,15). The zero-order chi connectivity index (χ0) is 10.3. The lowest BCUT2D eigenvalue weighted by atomic mass is 9.94. The third-order valence-corrected chi connectivity index (χ3v) is 3.26. The van der Waals surface area contributed by atoms with Crippen LogP contribution >= 0.6 is 0 Å². The Hall–Kier alpha value is -1.49. The molecule has 2 aromatic heterocycles. The summed E-state index contributed by atoms with van der Waals surface area (Å²) in [5.41, 5.74) is 8.70. The fraction of sp³-hybridized carbons (Fsp3) is 0.500. The summed E-state index contributed by atoms with van der Waals surface area (Å²) in [5.74, 6) is 0. The lowest BCUT2D eigenvalue weighted by Gasteiger charge is -2.13. The van der Waals surface area contributed by atoms with E-state index in [1.165, 1.54) is 18.4 Å². The van der Waals surface area contributed by atoms with E-state index in [9.17, 15) is 0 Å². The highest BCUT2D eigenvalue weighted by Gasteiger charge is 2.43. The van der Waals surface area contributed by atoms with Crippen LogP contribution in [0.4, 0.5) is 0 Å². The summed E-state index contributed by atoms with van der Waals surface area (Å²) in [6, 6.07) is 2.08. The number of H-pyrrole nitrogens is 1. The molecule has 0 saturated heterocycles. The summed E-state index contributed by atoms with van der Waals surface area (Å²) in [6.07, 6.45) is 5.38. The molecule has 78 valence electrons. The molecule has 2 heterocycles. The second-order valence-corrected chi connectivity index (χ2v) is 4.21. The first-order chi connectivity index (χ1) is 7.34. The number of hydrogen-bond acceptors (Lipinski definition) is 4. The molecule has 15 heavy (non-hydrogen) atoms.